The van der Waals surface area contributed by atoms with Crippen LogP contribution in [-0.2, 0) is 4.74 Å². The number of rotatable bonds is 2. The quantitative estimate of drug-likeness (QED) is 0.429. The van der Waals surface area contributed by atoms with Crippen LogP contribution in [0.3, 0.4) is 0 Å². The maximum atomic E-state index is 9.94. The number of aliphatic imine (C=N–C) groups is 2. The lowest BCUT2D eigenvalue weighted by atomic mass is 10.1. The smallest absolute Gasteiger partial charge is 0.223 e. The summed E-state index contributed by atoms with van der Waals surface area (Å²) in [4.78, 5) is 8.00. The van der Waals surface area contributed by atoms with Gasteiger partial charge in [0.1, 0.15) is 31.8 Å². The van der Waals surface area contributed by atoms with E-state index < -0.39 is 37.4 Å². The van der Waals surface area contributed by atoms with Gasteiger partial charge in [-0.25, -0.2) is 4.99 Å². The highest BCUT2D eigenvalue weighted by atomic mass is 16.6. The number of nitrogens with two attached hydrogens (primary N) is 1. The van der Waals surface area contributed by atoms with Gasteiger partial charge in [0.2, 0.25) is 5.96 Å². The molecular formula is C9H14N4O4. The van der Waals surface area contributed by atoms with Crippen molar-refractivity contribution >= 4 is 12.3 Å². The van der Waals surface area contributed by atoms with Crippen LogP contribution in [0.25, 0.3) is 0 Å². The molecule has 0 aromatic heterocycles. The zero-order chi connectivity index (χ0) is 16.2. The van der Waals surface area contributed by atoms with Gasteiger partial charge in [-0.05, 0) is 0 Å². The largest absolute Gasteiger partial charge is 0.394 e. The predicted molar refractivity (Wildman–Crippen MR) is 58.9 cm³/mol. The summed E-state index contributed by atoms with van der Waals surface area (Å²) in [6, 6.07) is 0. The predicted octanol–water partition coefficient (Wildman–Crippen LogP) is -2.44. The summed E-state index contributed by atoms with van der Waals surface area (Å²) in [5, 5.41) is 29.1. The average molecular weight is 246 g/mol. The summed E-state index contributed by atoms with van der Waals surface area (Å²) < 4.78 is 34.6. The van der Waals surface area contributed by atoms with Gasteiger partial charge in [0.15, 0.2) is 6.23 Å². The van der Waals surface area contributed by atoms with Crippen molar-refractivity contribution < 1.29 is 25.5 Å². The van der Waals surface area contributed by atoms with Crippen molar-refractivity contribution in [2.24, 2.45) is 15.7 Å². The van der Waals surface area contributed by atoms with Crippen molar-refractivity contribution in [2.75, 3.05) is 6.56 Å². The first-order valence-electron chi connectivity index (χ1n) is 6.63. The molecule has 0 amide bonds. The molecule has 8 heteroatoms. The van der Waals surface area contributed by atoms with E-state index in [0.29, 0.717) is 0 Å². The minimum atomic E-state index is -3.26. The molecule has 17 heavy (non-hydrogen) atoms. The Kier molecular flexibility index (Phi) is 2.02. The highest BCUT2D eigenvalue weighted by Gasteiger charge is 2.45. The van der Waals surface area contributed by atoms with Crippen LogP contribution < -0.4 is 5.73 Å². The SMILES string of the molecule is [2H]C1=NC(N)=NC(=C)N1[C@@H]1O[C@]([2H])(C([2H])([2H])O)C(O)[C@@H]1O. The highest BCUT2D eigenvalue weighted by Crippen LogP contribution is 2.26. The molecule has 1 fully saturated rings. The molecule has 0 aliphatic carbocycles. The molecule has 1 unspecified atom stereocenters. The Hall–Kier alpha value is -1.48. The Morgan fingerprint density at radius 2 is 2.41 bits per heavy atom. The van der Waals surface area contributed by atoms with Crippen LogP contribution in [0.4, 0.5) is 0 Å². The number of ether oxygens (including phenoxy) is 1. The summed E-state index contributed by atoms with van der Waals surface area (Å²) in [5.41, 5.74) is 5.33. The van der Waals surface area contributed by atoms with E-state index in [2.05, 4.69) is 16.6 Å². The number of nitrogens with zero attached hydrogens (tertiary/aromatic N) is 3. The fourth-order valence-electron chi connectivity index (χ4n) is 1.46. The number of aliphatic hydroxyl groups excluding tert-OH is 2. The molecule has 0 radical (unpaired) electrons. The van der Waals surface area contributed by atoms with E-state index in [1.165, 1.54) is 0 Å². The normalized spacial score (nSPS) is 46.6. The molecular weight excluding hydrogens is 228 g/mol. The Balaban J connectivity index is 2.35. The zero-order valence-electron chi connectivity index (χ0n) is 12.6. The minimum Gasteiger partial charge on any atom is -0.394 e. The molecule has 4 atom stereocenters. The lowest BCUT2D eigenvalue weighted by molar-refractivity contribution is -0.0607. The van der Waals surface area contributed by atoms with Gasteiger partial charge in [0.05, 0.1) is 10.7 Å². The first kappa shape index (κ1) is 7.77. The van der Waals surface area contributed by atoms with E-state index in [0.717, 1.165) is 4.90 Å². The van der Waals surface area contributed by atoms with Crippen LogP contribution in [-0.4, -0.2) is 63.6 Å². The number of hydrogen-bond acceptors (Lipinski definition) is 8. The van der Waals surface area contributed by atoms with Crippen LogP contribution in [0, 0.1) is 0 Å². The summed E-state index contributed by atoms with van der Waals surface area (Å²) in [6.07, 6.45) is -8.85. The maximum absolute atomic E-state index is 9.94. The molecule has 0 bridgehead atoms. The summed E-state index contributed by atoms with van der Waals surface area (Å²) in [6.45, 7) is 0.215. The number of amidine groups is 1. The van der Waals surface area contributed by atoms with E-state index in [9.17, 15) is 15.3 Å². The topological polar surface area (TPSA) is 124 Å². The van der Waals surface area contributed by atoms with E-state index in [1.807, 2.05) is 0 Å². The zero-order valence-corrected chi connectivity index (χ0v) is 8.61. The minimum absolute atomic E-state index is 0.147. The fourth-order valence-corrected chi connectivity index (χ4v) is 1.46. The second-order valence-corrected chi connectivity index (χ2v) is 3.39. The fraction of sp³-hybridized carbons (Fsp3) is 0.556. The van der Waals surface area contributed by atoms with Crippen LogP contribution in [0.2, 0.25) is 0 Å². The molecule has 8 nitrogen and oxygen atoms in total. The van der Waals surface area contributed by atoms with Crippen molar-refractivity contribution in [1.82, 2.24) is 4.90 Å². The van der Waals surface area contributed by atoms with Crippen molar-refractivity contribution in [1.29, 1.82) is 0 Å². The van der Waals surface area contributed by atoms with Gasteiger partial charge in [-0.2, -0.15) is 4.99 Å². The molecule has 0 saturated carbocycles. The van der Waals surface area contributed by atoms with Gasteiger partial charge in [-0.15, -0.1) is 0 Å². The Morgan fingerprint density at radius 1 is 1.71 bits per heavy atom. The second kappa shape index (κ2) is 4.41. The van der Waals surface area contributed by atoms with Gasteiger partial charge in [0.25, 0.3) is 0 Å². The monoisotopic (exact) mass is 246 g/mol. The van der Waals surface area contributed by atoms with Crippen molar-refractivity contribution in [3.05, 3.63) is 12.4 Å². The van der Waals surface area contributed by atoms with Crippen LogP contribution in [0.1, 0.15) is 5.48 Å². The van der Waals surface area contributed by atoms with Gasteiger partial charge >= 0.3 is 0 Å². The van der Waals surface area contributed by atoms with Gasteiger partial charge in [0, 0.05) is 0 Å². The number of hydrogen-bond donors (Lipinski definition) is 4. The molecule has 1 saturated heterocycles. The molecule has 94 valence electrons. The first-order chi connectivity index (χ1) is 9.49. The standard InChI is InChI=1S/C9H14N4O4/c1-4-12-9(10)11-3-13(4)8-7(16)6(15)5(2-14)17-8/h3,5-8,14-16H,1-2H2,(H2,10,12)/t5-,6?,7+,8-/m1/s1/i2D2,3D,5D. The summed E-state index contributed by atoms with van der Waals surface area (Å²) in [5.74, 6) is -0.393. The molecule has 0 spiro atoms. The molecule has 2 aliphatic rings. The van der Waals surface area contributed by atoms with E-state index >= 15 is 0 Å². The third kappa shape index (κ3) is 2.03. The molecule has 0 aromatic rings. The lowest BCUT2D eigenvalue weighted by Gasteiger charge is -2.29. The first-order valence-corrected chi connectivity index (χ1v) is 4.63. The molecule has 2 heterocycles. The summed E-state index contributed by atoms with van der Waals surface area (Å²) >= 11 is 0. The Bertz CT molecular complexity index is 536. The molecule has 0 aromatic carbocycles. The van der Waals surface area contributed by atoms with Crippen molar-refractivity contribution in [3.8, 4) is 0 Å². The number of guanidine groups is 1. The second-order valence-electron chi connectivity index (χ2n) is 3.39. The van der Waals surface area contributed by atoms with Crippen molar-refractivity contribution in [3.63, 3.8) is 0 Å². The Labute approximate surface area is 103 Å². The number of aliphatic hydroxyl groups is 3. The van der Waals surface area contributed by atoms with Gasteiger partial charge in [-0.3, -0.25) is 4.90 Å². The van der Waals surface area contributed by atoms with Crippen molar-refractivity contribution in [2.45, 2.75) is 24.5 Å². The third-order valence-electron chi connectivity index (χ3n) is 2.29. The third-order valence-corrected chi connectivity index (χ3v) is 2.29. The maximum Gasteiger partial charge on any atom is 0.223 e. The van der Waals surface area contributed by atoms with E-state index in [-0.39, 0.29) is 11.8 Å². The average Bonchev–Trinajstić information content (AvgIpc) is 2.53. The highest BCUT2D eigenvalue weighted by molar-refractivity contribution is 5.89. The lowest BCUT2D eigenvalue weighted by Crippen LogP contribution is -2.44. The van der Waals surface area contributed by atoms with Crippen LogP contribution in [0.15, 0.2) is 22.4 Å². The van der Waals surface area contributed by atoms with Crippen LogP contribution in [0.5, 0.6) is 0 Å². The van der Waals surface area contributed by atoms with E-state index in [1.54, 1.807) is 0 Å². The van der Waals surface area contributed by atoms with Gasteiger partial charge < -0.3 is 25.8 Å². The molecule has 2 aliphatic heterocycles. The molecule has 2 rings (SSSR count). The molecule has 5 N–H and O–H groups in total. The summed E-state index contributed by atoms with van der Waals surface area (Å²) in [7, 11) is 0. The van der Waals surface area contributed by atoms with Crippen LogP contribution >= 0.6 is 0 Å². The van der Waals surface area contributed by atoms with E-state index in [4.69, 9.17) is 16.0 Å². The Morgan fingerprint density at radius 3 is 2.94 bits per heavy atom. The van der Waals surface area contributed by atoms with Gasteiger partial charge in [-0.1, -0.05) is 6.58 Å².